The number of methoxy groups -OCH3 is 1. The van der Waals surface area contributed by atoms with E-state index in [4.69, 9.17) is 15.2 Å². The highest BCUT2D eigenvalue weighted by atomic mass is 16.5. The molecule has 0 aromatic heterocycles. The van der Waals surface area contributed by atoms with Crippen molar-refractivity contribution in [1.82, 2.24) is 0 Å². The second-order valence-electron chi connectivity index (χ2n) is 4.65. The Morgan fingerprint density at radius 2 is 1.75 bits per heavy atom. The van der Waals surface area contributed by atoms with Crippen molar-refractivity contribution in [1.29, 1.82) is 0 Å². The van der Waals surface area contributed by atoms with Gasteiger partial charge in [-0.3, -0.25) is 0 Å². The van der Waals surface area contributed by atoms with E-state index in [2.05, 4.69) is 19.1 Å². The molecule has 0 bridgehead atoms. The van der Waals surface area contributed by atoms with Crippen molar-refractivity contribution >= 4 is 0 Å². The van der Waals surface area contributed by atoms with E-state index in [1.54, 1.807) is 7.11 Å². The van der Waals surface area contributed by atoms with Crippen molar-refractivity contribution in [3.63, 3.8) is 0 Å². The van der Waals surface area contributed by atoms with Crippen LogP contribution in [0.2, 0.25) is 0 Å². The Kier molecular flexibility index (Phi) is 5.02. The van der Waals surface area contributed by atoms with E-state index in [0.717, 1.165) is 29.0 Å². The monoisotopic (exact) mass is 271 g/mol. The van der Waals surface area contributed by atoms with E-state index < -0.39 is 0 Å². The molecule has 2 aromatic rings. The van der Waals surface area contributed by atoms with Gasteiger partial charge in [0, 0.05) is 6.54 Å². The minimum atomic E-state index is 0.510. The van der Waals surface area contributed by atoms with E-state index in [0.29, 0.717) is 13.2 Å². The average Bonchev–Trinajstić information content (AvgIpc) is 2.52. The van der Waals surface area contributed by atoms with Crippen LogP contribution in [0.3, 0.4) is 0 Å². The summed E-state index contributed by atoms with van der Waals surface area (Å²) < 4.78 is 11.2. The second-order valence-corrected chi connectivity index (χ2v) is 4.65. The molecule has 0 saturated carbocycles. The summed E-state index contributed by atoms with van der Waals surface area (Å²) in [5.41, 5.74) is 9.09. The molecule has 0 aliphatic heterocycles. The van der Waals surface area contributed by atoms with Gasteiger partial charge in [0.15, 0.2) is 11.5 Å². The first kappa shape index (κ1) is 14.4. The Balaban J connectivity index is 2.10. The molecule has 106 valence electrons. The molecule has 0 amide bonds. The third kappa shape index (κ3) is 3.52. The number of benzene rings is 2. The molecular formula is C17H21NO2. The molecule has 0 heterocycles. The lowest BCUT2D eigenvalue weighted by Crippen LogP contribution is -2.01. The van der Waals surface area contributed by atoms with E-state index in [-0.39, 0.29) is 0 Å². The van der Waals surface area contributed by atoms with Crippen LogP contribution < -0.4 is 15.2 Å². The molecule has 2 N–H and O–H groups in total. The van der Waals surface area contributed by atoms with Crippen molar-refractivity contribution in [3.05, 3.63) is 59.2 Å². The predicted molar refractivity (Wildman–Crippen MR) is 81.0 cm³/mol. The topological polar surface area (TPSA) is 44.5 Å². The van der Waals surface area contributed by atoms with Gasteiger partial charge in [0.2, 0.25) is 0 Å². The maximum Gasteiger partial charge on any atom is 0.161 e. The van der Waals surface area contributed by atoms with Crippen LogP contribution in [-0.4, -0.2) is 7.11 Å². The Morgan fingerprint density at radius 3 is 2.45 bits per heavy atom. The Hall–Kier alpha value is -2.00. The van der Waals surface area contributed by atoms with Gasteiger partial charge in [-0.1, -0.05) is 37.3 Å². The molecule has 20 heavy (non-hydrogen) atoms. The fourth-order valence-electron chi connectivity index (χ4n) is 2.06. The lowest BCUT2D eigenvalue weighted by atomic mass is 10.1. The number of nitrogens with two attached hydrogens (primary N) is 1. The standard InChI is InChI=1S/C17H21NO2/c1-3-13-7-8-16(17(10-13)19-2)20-12-15-6-4-5-14(9-15)11-18/h4-10H,3,11-12,18H2,1-2H3. The van der Waals surface area contributed by atoms with Gasteiger partial charge in [-0.05, 0) is 35.2 Å². The van der Waals surface area contributed by atoms with Gasteiger partial charge in [-0.2, -0.15) is 0 Å². The molecule has 2 aromatic carbocycles. The summed E-state index contributed by atoms with van der Waals surface area (Å²) in [5.74, 6) is 1.54. The van der Waals surface area contributed by atoms with Gasteiger partial charge in [0.25, 0.3) is 0 Å². The summed E-state index contributed by atoms with van der Waals surface area (Å²) in [5, 5.41) is 0. The van der Waals surface area contributed by atoms with Crippen molar-refractivity contribution in [3.8, 4) is 11.5 Å². The van der Waals surface area contributed by atoms with Crippen LogP contribution >= 0.6 is 0 Å². The van der Waals surface area contributed by atoms with Gasteiger partial charge in [0.1, 0.15) is 6.61 Å². The number of aryl methyl sites for hydroxylation is 1. The lowest BCUT2D eigenvalue weighted by molar-refractivity contribution is 0.284. The summed E-state index contributed by atoms with van der Waals surface area (Å²) >= 11 is 0. The largest absolute Gasteiger partial charge is 0.493 e. The summed E-state index contributed by atoms with van der Waals surface area (Å²) in [7, 11) is 1.66. The summed E-state index contributed by atoms with van der Waals surface area (Å²) in [6.07, 6.45) is 0.981. The molecule has 0 aliphatic carbocycles. The molecule has 0 aliphatic rings. The molecule has 0 radical (unpaired) electrons. The van der Waals surface area contributed by atoms with Gasteiger partial charge in [-0.25, -0.2) is 0 Å². The molecule has 3 heteroatoms. The van der Waals surface area contributed by atoms with E-state index in [1.807, 2.05) is 30.3 Å². The molecule has 0 fully saturated rings. The van der Waals surface area contributed by atoms with Crippen LogP contribution in [0, 0.1) is 0 Å². The van der Waals surface area contributed by atoms with Crippen LogP contribution in [0.25, 0.3) is 0 Å². The Bertz CT molecular complexity index is 567. The molecular weight excluding hydrogens is 250 g/mol. The molecule has 0 spiro atoms. The summed E-state index contributed by atoms with van der Waals surface area (Å²) in [6.45, 7) is 3.17. The lowest BCUT2D eigenvalue weighted by Gasteiger charge is -2.12. The quantitative estimate of drug-likeness (QED) is 0.876. The third-order valence-electron chi connectivity index (χ3n) is 3.26. The zero-order valence-electron chi connectivity index (χ0n) is 12.1. The summed E-state index contributed by atoms with van der Waals surface area (Å²) in [4.78, 5) is 0. The second kappa shape index (κ2) is 6.96. The Labute approximate surface area is 120 Å². The zero-order chi connectivity index (χ0) is 14.4. The van der Waals surface area contributed by atoms with Gasteiger partial charge < -0.3 is 15.2 Å². The van der Waals surface area contributed by atoms with E-state index >= 15 is 0 Å². The fraction of sp³-hybridized carbons (Fsp3) is 0.294. The fourth-order valence-corrected chi connectivity index (χ4v) is 2.06. The van der Waals surface area contributed by atoms with Crippen LogP contribution in [0.15, 0.2) is 42.5 Å². The first-order valence-electron chi connectivity index (χ1n) is 6.84. The third-order valence-corrected chi connectivity index (χ3v) is 3.26. The van der Waals surface area contributed by atoms with Crippen LogP contribution in [0.1, 0.15) is 23.6 Å². The van der Waals surface area contributed by atoms with E-state index in [9.17, 15) is 0 Å². The highest BCUT2D eigenvalue weighted by molar-refractivity contribution is 5.43. The maximum atomic E-state index is 5.85. The highest BCUT2D eigenvalue weighted by Crippen LogP contribution is 2.29. The van der Waals surface area contributed by atoms with Gasteiger partial charge in [-0.15, -0.1) is 0 Å². The van der Waals surface area contributed by atoms with Crippen molar-refractivity contribution in [2.75, 3.05) is 7.11 Å². The minimum Gasteiger partial charge on any atom is -0.493 e. The molecule has 0 unspecified atom stereocenters. The first-order valence-corrected chi connectivity index (χ1v) is 6.84. The van der Waals surface area contributed by atoms with Crippen molar-refractivity contribution in [2.24, 2.45) is 5.73 Å². The predicted octanol–water partition coefficient (Wildman–Crippen LogP) is 3.30. The first-order chi connectivity index (χ1) is 9.76. The Morgan fingerprint density at radius 1 is 0.950 bits per heavy atom. The molecule has 3 nitrogen and oxygen atoms in total. The van der Waals surface area contributed by atoms with Gasteiger partial charge in [0.05, 0.1) is 7.11 Å². The normalized spacial score (nSPS) is 10.3. The van der Waals surface area contributed by atoms with Crippen LogP contribution in [0.4, 0.5) is 0 Å². The molecule has 0 atom stereocenters. The van der Waals surface area contributed by atoms with Crippen molar-refractivity contribution in [2.45, 2.75) is 26.5 Å². The molecule has 2 rings (SSSR count). The van der Waals surface area contributed by atoms with E-state index in [1.165, 1.54) is 5.56 Å². The van der Waals surface area contributed by atoms with Gasteiger partial charge >= 0.3 is 0 Å². The highest BCUT2D eigenvalue weighted by Gasteiger charge is 2.05. The van der Waals surface area contributed by atoms with Crippen LogP contribution in [0.5, 0.6) is 11.5 Å². The number of hydrogen-bond acceptors (Lipinski definition) is 3. The number of rotatable bonds is 6. The molecule has 0 saturated heterocycles. The number of hydrogen-bond donors (Lipinski definition) is 1. The van der Waals surface area contributed by atoms with Crippen molar-refractivity contribution < 1.29 is 9.47 Å². The SMILES string of the molecule is CCc1ccc(OCc2cccc(CN)c2)c(OC)c1. The van der Waals surface area contributed by atoms with Crippen LogP contribution in [-0.2, 0) is 19.6 Å². The summed E-state index contributed by atoms with van der Waals surface area (Å²) in [6, 6.07) is 14.2. The average molecular weight is 271 g/mol. The zero-order valence-corrected chi connectivity index (χ0v) is 12.1. The maximum absolute atomic E-state index is 5.85. The minimum absolute atomic E-state index is 0.510. The smallest absolute Gasteiger partial charge is 0.161 e. The number of ether oxygens (including phenoxy) is 2.